The summed E-state index contributed by atoms with van der Waals surface area (Å²) in [7, 11) is 2.05. The van der Waals surface area contributed by atoms with Gasteiger partial charge in [0.2, 0.25) is 0 Å². The summed E-state index contributed by atoms with van der Waals surface area (Å²) < 4.78 is 0. The highest BCUT2D eigenvalue weighted by Crippen LogP contribution is 2.20. The first-order valence-corrected chi connectivity index (χ1v) is 5.17. The molecule has 75 valence electrons. The Morgan fingerprint density at radius 3 is 2.64 bits per heavy atom. The fraction of sp³-hybridized carbons (Fsp3) is 0.500. The van der Waals surface area contributed by atoms with Gasteiger partial charge in [-0.2, -0.15) is 0 Å². The molecular formula is C12H16NO. The molecule has 1 aliphatic rings. The van der Waals surface area contributed by atoms with Gasteiger partial charge in [0.1, 0.15) is 6.10 Å². The Morgan fingerprint density at radius 1 is 1.36 bits per heavy atom. The topological polar surface area (TPSA) is 23.1 Å². The van der Waals surface area contributed by atoms with E-state index in [2.05, 4.69) is 17.0 Å². The van der Waals surface area contributed by atoms with Gasteiger partial charge in [-0.15, -0.1) is 0 Å². The molecule has 0 aromatic heterocycles. The van der Waals surface area contributed by atoms with E-state index in [1.807, 2.05) is 25.2 Å². The van der Waals surface area contributed by atoms with Gasteiger partial charge in [-0.25, -0.2) is 5.11 Å². The third-order valence-corrected chi connectivity index (χ3v) is 3.05. The average molecular weight is 190 g/mol. The van der Waals surface area contributed by atoms with Crippen LogP contribution >= 0.6 is 0 Å². The van der Waals surface area contributed by atoms with Crippen molar-refractivity contribution in [1.29, 1.82) is 0 Å². The van der Waals surface area contributed by atoms with Crippen molar-refractivity contribution in [3.05, 3.63) is 35.9 Å². The fourth-order valence-corrected chi connectivity index (χ4v) is 2.12. The van der Waals surface area contributed by atoms with Gasteiger partial charge < -0.3 is 4.90 Å². The molecule has 0 saturated carbocycles. The highest BCUT2D eigenvalue weighted by molar-refractivity contribution is 5.16. The quantitative estimate of drug-likeness (QED) is 0.696. The minimum atomic E-state index is -0.403. The smallest absolute Gasteiger partial charge is 0.110 e. The van der Waals surface area contributed by atoms with E-state index in [1.54, 1.807) is 0 Å². The van der Waals surface area contributed by atoms with Gasteiger partial charge in [0, 0.05) is 12.6 Å². The van der Waals surface area contributed by atoms with Crippen molar-refractivity contribution in [2.45, 2.75) is 25.0 Å². The van der Waals surface area contributed by atoms with Crippen molar-refractivity contribution >= 4 is 0 Å². The Hall–Kier alpha value is -0.860. The molecule has 0 amide bonds. The number of hydrogen-bond acceptors (Lipinski definition) is 1. The standard InChI is InChI=1S/C12H16NO/c1-13-8-7-12(14)11(13)9-10-5-3-2-4-6-10/h2-6,11-12H,7-9H2,1H3. The maximum Gasteiger partial charge on any atom is 0.110 e. The van der Waals surface area contributed by atoms with E-state index in [4.69, 9.17) is 0 Å². The van der Waals surface area contributed by atoms with Crippen molar-refractivity contribution < 1.29 is 5.11 Å². The molecule has 2 rings (SSSR count). The molecule has 1 aromatic carbocycles. The zero-order chi connectivity index (χ0) is 9.97. The summed E-state index contributed by atoms with van der Waals surface area (Å²) in [5.41, 5.74) is 1.27. The summed E-state index contributed by atoms with van der Waals surface area (Å²) >= 11 is 0. The van der Waals surface area contributed by atoms with Crippen molar-refractivity contribution in [2.24, 2.45) is 0 Å². The van der Waals surface area contributed by atoms with Crippen LogP contribution in [0, 0.1) is 0 Å². The van der Waals surface area contributed by atoms with Gasteiger partial charge in [0.15, 0.2) is 0 Å². The number of nitrogens with zero attached hydrogens (tertiary/aromatic N) is 1. The molecular weight excluding hydrogens is 174 g/mol. The SMILES string of the molecule is CN1CCC([O])C1Cc1ccccc1. The van der Waals surface area contributed by atoms with E-state index in [1.165, 1.54) is 5.56 Å². The molecule has 1 saturated heterocycles. The van der Waals surface area contributed by atoms with Crippen LogP contribution in [0.4, 0.5) is 0 Å². The van der Waals surface area contributed by atoms with Crippen molar-refractivity contribution in [1.82, 2.24) is 4.90 Å². The monoisotopic (exact) mass is 190 g/mol. The van der Waals surface area contributed by atoms with Gasteiger partial charge in [-0.05, 0) is 25.5 Å². The van der Waals surface area contributed by atoms with Crippen LogP contribution in [0.2, 0.25) is 0 Å². The highest BCUT2D eigenvalue weighted by Gasteiger charge is 2.31. The van der Waals surface area contributed by atoms with Crippen LogP contribution in [0.15, 0.2) is 30.3 Å². The predicted molar refractivity (Wildman–Crippen MR) is 55.7 cm³/mol. The van der Waals surface area contributed by atoms with Crippen LogP contribution < -0.4 is 0 Å². The zero-order valence-electron chi connectivity index (χ0n) is 8.52. The Labute approximate surface area is 85.2 Å². The van der Waals surface area contributed by atoms with E-state index in [0.717, 1.165) is 19.4 Å². The van der Waals surface area contributed by atoms with Crippen LogP contribution in [-0.4, -0.2) is 30.6 Å². The molecule has 2 heteroatoms. The lowest BCUT2D eigenvalue weighted by Crippen LogP contribution is -2.33. The molecule has 2 unspecified atom stereocenters. The summed E-state index contributed by atoms with van der Waals surface area (Å²) in [4.78, 5) is 2.19. The number of likely N-dealkylation sites (tertiary alicyclic amines) is 1. The average Bonchev–Trinajstić information content (AvgIpc) is 2.51. The molecule has 1 fully saturated rings. The molecule has 1 aromatic rings. The molecule has 14 heavy (non-hydrogen) atoms. The number of benzene rings is 1. The molecule has 0 N–H and O–H groups in total. The molecule has 0 spiro atoms. The Balaban J connectivity index is 2.04. The van der Waals surface area contributed by atoms with E-state index in [-0.39, 0.29) is 6.04 Å². The Kier molecular flexibility index (Phi) is 2.85. The molecule has 1 radical (unpaired) electrons. The third-order valence-electron chi connectivity index (χ3n) is 3.05. The molecule has 0 aliphatic carbocycles. The summed E-state index contributed by atoms with van der Waals surface area (Å²) in [6.45, 7) is 0.950. The lowest BCUT2D eigenvalue weighted by molar-refractivity contribution is 0.0581. The lowest BCUT2D eigenvalue weighted by atomic mass is 10.0. The van der Waals surface area contributed by atoms with E-state index in [0.29, 0.717) is 0 Å². The van der Waals surface area contributed by atoms with Gasteiger partial charge >= 0.3 is 0 Å². The van der Waals surface area contributed by atoms with Crippen LogP contribution in [0.25, 0.3) is 0 Å². The lowest BCUT2D eigenvalue weighted by Gasteiger charge is -2.20. The molecule has 2 atom stereocenters. The first kappa shape index (κ1) is 9.69. The minimum Gasteiger partial charge on any atom is -0.300 e. The fourth-order valence-electron chi connectivity index (χ4n) is 2.12. The number of rotatable bonds is 2. The minimum absolute atomic E-state index is 0.192. The Morgan fingerprint density at radius 2 is 2.07 bits per heavy atom. The largest absolute Gasteiger partial charge is 0.300 e. The number of likely N-dealkylation sites (N-methyl/N-ethyl adjacent to an activating group) is 1. The first-order valence-electron chi connectivity index (χ1n) is 5.17. The van der Waals surface area contributed by atoms with E-state index < -0.39 is 6.10 Å². The van der Waals surface area contributed by atoms with Gasteiger partial charge in [0.25, 0.3) is 0 Å². The summed E-state index contributed by atoms with van der Waals surface area (Å²) in [5.74, 6) is 0. The Bertz CT molecular complexity index is 276. The van der Waals surface area contributed by atoms with Crippen molar-refractivity contribution in [3.8, 4) is 0 Å². The summed E-state index contributed by atoms with van der Waals surface area (Å²) in [5, 5.41) is 11.6. The molecule has 1 aliphatic heterocycles. The second kappa shape index (κ2) is 4.11. The molecule has 2 nitrogen and oxygen atoms in total. The molecule has 1 heterocycles. The highest BCUT2D eigenvalue weighted by atomic mass is 16.3. The van der Waals surface area contributed by atoms with Crippen LogP contribution in [-0.2, 0) is 11.5 Å². The van der Waals surface area contributed by atoms with E-state index in [9.17, 15) is 5.11 Å². The normalized spacial score (nSPS) is 28.1. The zero-order valence-corrected chi connectivity index (χ0v) is 8.52. The van der Waals surface area contributed by atoms with Crippen LogP contribution in [0.1, 0.15) is 12.0 Å². The van der Waals surface area contributed by atoms with Crippen LogP contribution in [0.3, 0.4) is 0 Å². The van der Waals surface area contributed by atoms with Crippen molar-refractivity contribution in [3.63, 3.8) is 0 Å². The van der Waals surface area contributed by atoms with Gasteiger partial charge in [-0.1, -0.05) is 30.3 Å². The third kappa shape index (κ3) is 1.97. The van der Waals surface area contributed by atoms with Gasteiger partial charge in [0.05, 0.1) is 0 Å². The van der Waals surface area contributed by atoms with Gasteiger partial charge in [-0.3, -0.25) is 0 Å². The second-order valence-corrected chi connectivity index (χ2v) is 4.06. The van der Waals surface area contributed by atoms with Crippen LogP contribution in [0.5, 0.6) is 0 Å². The molecule has 0 bridgehead atoms. The van der Waals surface area contributed by atoms with E-state index >= 15 is 0 Å². The van der Waals surface area contributed by atoms with Crippen molar-refractivity contribution in [2.75, 3.05) is 13.6 Å². The number of hydrogen-bond donors (Lipinski definition) is 0. The summed E-state index contributed by atoms with van der Waals surface area (Å²) in [6, 6.07) is 10.5. The maximum atomic E-state index is 11.6. The summed E-state index contributed by atoms with van der Waals surface area (Å²) in [6.07, 6.45) is 1.29. The second-order valence-electron chi connectivity index (χ2n) is 4.06. The maximum absolute atomic E-state index is 11.6. The predicted octanol–water partition coefficient (Wildman–Crippen LogP) is 1.73. The first-order chi connectivity index (χ1) is 6.77.